The van der Waals surface area contributed by atoms with Crippen molar-refractivity contribution in [3.05, 3.63) is 94.8 Å². The number of hydrogen-bond acceptors (Lipinski definition) is 6. The first-order valence-corrected chi connectivity index (χ1v) is 13.8. The fourth-order valence-electron chi connectivity index (χ4n) is 4.23. The lowest BCUT2D eigenvalue weighted by Gasteiger charge is -2.19. The van der Waals surface area contributed by atoms with E-state index in [1.54, 1.807) is 42.6 Å². The molecule has 0 spiro atoms. The van der Waals surface area contributed by atoms with E-state index >= 15 is 0 Å². The van der Waals surface area contributed by atoms with Crippen molar-refractivity contribution < 1.29 is 22.8 Å². The monoisotopic (exact) mass is 539 g/mol. The molecule has 2 aromatic carbocycles. The van der Waals surface area contributed by atoms with Crippen LogP contribution in [0, 0.1) is 0 Å². The minimum absolute atomic E-state index is 0.105. The van der Waals surface area contributed by atoms with E-state index < -0.39 is 15.1 Å². The highest BCUT2D eigenvalue weighted by Crippen LogP contribution is 2.29. The van der Waals surface area contributed by atoms with Crippen LogP contribution in [-0.2, 0) is 14.6 Å². The summed E-state index contributed by atoms with van der Waals surface area (Å²) in [6, 6.07) is 16.0. The quantitative estimate of drug-likeness (QED) is 0.288. The van der Waals surface area contributed by atoms with E-state index in [2.05, 4.69) is 10.3 Å². The van der Waals surface area contributed by atoms with E-state index in [0.717, 1.165) is 0 Å². The first-order chi connectivity index (χ1) is 17.8. The van der Waals surface area contributed by atoms with Gasteiger partial charge in [0.25, 0.3) is 11.8 Å². The minimum Gasteiger partial charge on any atom is -0.354 e. The van der Waals surface area contributed by atoms with Crippen LogP contribution in [0.5, 0.6) is 0 Å². The Balaban J connectivity index is 1.28. The van der Waals surface area contributed by atoms with Gasteiger partial charge in [-0.3, -0.25) is 24.3 Å². The molecule has 0 saturated carbocycles. The molecule has 1 aliphatic rings. The van der Waals surface area contributed by atoms with Crippen LogP contribution in [0.3, 0.4) is 0 Å². The maximum absolute atomic E-state index is 13.3. The highest BCUT2D eigenvalue weighted by molar-refractivity contribution is 7.91. The SMILES string of the molecule is O=C(CCCCCN1C(=O)c2ccccc2C1=O)NCC(c1cccnc1)S(=O)(=O)c1ccc(Cl)cc1. The molecule has 37 heavy (non-hydrogen) atoms. The largest absolute Gasteiger partial charge is 0.354 e. The summed E-state index contributed by atoms with van der Waals surface area (Å²) in [5.41, 5.74) is 1.31. The Hall–Kier alpha value is -3.56. The third kappa shape index (κ3) is 6.06. The van der Waals surface area contributed by atoms with Crippen LogP contribution in [-0.4, -0.2) is 49.1 Å². The summed E-state index contributed by atoms with van der Waals surface area (Å²) in [5, 5.41) is 2.15. The Morgan fingerprint density at radius 1 is 0.919 bits per heavy atom. The van der Waals surface area contributed by atoms with Crippen LogP contribution >= 0.6 is 11.6 Å². The average molecular weight is 540 g/mol. The van der Waals surface area contributed by atoms with Gasteiger partial charge in [-0.05, 0) is 60.9 Å². The summed E-state index contributed by atoms with van der Waals surface area (Å²) in [4.78, 5) is 42.7. The van der Waals surface area contributed by atoms with Crippen molar-refractivity contribution in [2.24, 2.45) is 0 Å². The van der Waals surface area contributed by atoms with Crippen molar-refractivity contribution in [3.8, 4) is 0 Å². The molecule has 0 saturated heterocycles. The number of rotatable bonds is 11. The number of benzene rings is 2. The molecule has 1 N–H and O–H groups in total. The maximum Gasteiger partial charge on any atom is 0.261 e. The summed E-state index contributed by atoms with van der Waals surface area (Å²) < 4.78 is 26.7. The number of sulfone groups is 1. The molecule has 1 aliphatic heterocycles. The fourth-order valence-corrected chi connectivity index (χ4v) is 6.00. The Kier molecular flexibility index (Phi) is 8.35. The van der Waals surface area contributed by atoms with Crippen molar-refractivity contribution in [2.75, 3.05) is 13.1 Å². The predicted octanol–water partition coefficient (Wildman–Crippen LogP) is 4.22. The molecular formula is C27H26ClN3O5S. The molecule has 0 radical (unpaired) electrons. The lowest BCUT2D eigenvalue weighted by molar-refractivity contribution is -0.121. The lowest BCUT2D eigenvalue weighted by atomic mass is 10.1. The van der Waals surface area contributed by atoms with Crippen molar-refractivity contribution >= 4 is 39.2 Å². The van der Waals surface area contributed by atoms with Gasteiger partial charge in [0.15, 0.2) is 9.84 Å². The molecule has 0 fully saturated rings. The van der Waals surface area contributed by atoms with Crippen molar-refractivity contribution in [1.29, 1.82) is 0 Å². The zero-order valence-corrected chi connectivity index (χ0v) is 21.5. The second-order valence-corrected chi connectivity index (χ2v) is 11.3. The van der Waals surface area contributed by atoms with Crippen LogP contribution in [0.4, 0.5) is 0 Å². The first-order valence-electron chi connectivity index (χ1n) is 11.9. The van der Waals surface area contributed by atoms with Gasteiger partial charge in [0.05, 0.1) is 16.0 Å². The highest BCUT2D eigenvalue weighted by Gasteiger charge is 2.34. The van der Waals surface area contributed by atoms with Gasteiger partial charge in [0.1, 0.15) is 5.25 Å². The van der Waals surface area contributed by atoms with Crippen LogP contribution in [0.15, 0.2) is 78.0 Å². The van der Waals surface area contributed by atoms with Crippen LogP contribution in [0.25, 0.3) is 0 Å². The Bertz CT molecular complexity index is 1360. The standard InChI is InChI=1S/C27H26ClN3O5S/c28-20-11-13-21(14-12-20)37(35,36)24(19-7-6-15-29-17-19)18-30-25(32)10-2-1-5-16-31-26(33)22-8-3-4-9-23(22)27(31)34/h3-4,6-9,11-15,17,24H,1-2,5,10,16,18H2,(H,30,32). The van der Waals surface area contributed by atoms with Crippen LogP contribution in [0.2, 0.25) is 5.02 Å². The van der Waals surface area contributed by atoms with Crippen LogP contribution in [0.1, 0.15) is 57.2 Å². The van der Waals surface area contributed by atoms with Gasteiger partial charge in [-0.2, -0.15) is 0 Å². The number of nitrogens with one attached hydrogen (secondary N) is 1. The smallest absolute Gasteiger partial charge is 0.261 e. The molecule has 3 aromatic rings. The van der Waals surface area contributed by atoms with Gasteiger partial charge in [-0.25, -0.2) is 8.42 Å². The third-order valence-corrected chi connectivity index (χ3v) is 8.59. The molecular weight excluding hydrogens is 514 g/mol. The summed E-state index contributed by atoms with van der Waals surface area (Å²) in [6.45, 7) is 0.181. The van der Waals surface area contributed by atoms with Crippen molar-refractivity contribution in [2.45, 2.75) is 35.8 Å². The molecule has 192 valence electrons. The van der Waals surface area contributed by atoms with E-state index in [1.165, 1.54) is 35.4 Å². The molecule has 10 heteroatoms. The summed E-state index contributed by atoms with van der Waals surface area (Å²) in [5.74, 6) is -0.857. The topological polar surface area (TPSA) is 114 Å². The zero-order valence-electron chi connectivity index (χ0n) is 20.0. The fraction of sp³-hybridized carbons (Fsp3) is 0.259. The maximum atomic E-state index is 13.3. The summed E-state index contributed by atoms with van der Waals surface area (Å²) in [7, 11) is -3.82. The number of nitrogens with zero attached hydrogens (tertiary/aromatic N) is 2. The Morgan fingerprint density at radius 2 is 1.59 bits per heavy atom. The number of carbonyl (C=O) groups is 3. The Morgan fingerprint density at radius 3 is 2.22 bits per heavy atom. The van der Waals surface area contributed by atoms with E-state index in [1.807, 2.05) is 0 Å². The normalized spacial score (nSPS) is 13.9. The van der Waals surface area contributed by atoms with E-state index in [-0.39, 0.29) is 42.1 Å². The van der Waals surface area contributed by atoms with Gasteiger partial charge in [0.2, 0.25) is 5.91 Å². The van der Waals surface area contributed by atoms with E-state index in [9.17, 15) is 22.8 Å². The predicted molar refractivity (Wildman–Crippen MR) is 139 cm³/mol. The Labute approximate surface area is 220 Å². The molecule has 2 heterocycles. The average Bonchev–Trinajstić information content (AvgIpc) is 3.14. The molecule has 0 aliphatic carbocycles. The first kappa shape index (κ1) is 26.5. The van der Waals surface area contributed by atoms with Crippen LogP contribution < -0.4 is 5.32 Å². The number of fused-ring (bicyclic) bond motifs is 1. The molecule has 4 rings (SSSR count). The molecule has 1 unspecified atom stereocenters. The summed E-state index contributed by atoms with van der Waals surface area (Å²) >= 11 is 5.91. The molecule has 1 aromatic heterocycles. The van der Waals surface area contributed by atoms with Gasteiger partial charge in [-0.1, -0.05) is 36.2 Å². The second kappa shape index (κ2) is 11.7. The molecule has 3 amide bonds. The number of unbranched alkanes of at least 4 members (excludes halogenated alkanes) is 2. The van der Waals surface area contributed by atoms with Crippen molar-refractivity contribution in [3.63, 3.8) is 0 Å². The number of amides is 3. The van der Waals surface area contributed by atoms with Crippen molar-refractivity contribution in [1.82, 2.24) is 15.2 Å². The third-order valence-electron chi connectivity index (χ3n) is 6.22. The zero-order chi connectivity index (χ0) is 26.4. The van der Waals surface area contributed by atoms with Gasteiger partial charge in [0, 0.05) is 36.9 Å². The number of halogens is 1. The minimum atomic E-state index is -3.82. The molecule has 8 nitrogen and oxygen atoms in total. The number of pyridine rings is 1. The molecule has 1 atom stereocenters. The number of hydrogen-bond donors (Lipinski definition) is 1. The molecule has 0 bridgehead atoms. The number of imide groups is 1. The lowest BCUT2D eigenvalue weighted by Crippen LogP contribution is -2.32. The van der Waals surface area contributed by atoms with E-state index in [4.69, 9.17) is 11.6 Å². The second-order valence-electron chi connectivity index (χ2n) is 8.70. The highest BCUT2D eigenvalue weighted by atomic mass is 35.5. The summed E-state index contributed by atoms with van der Waals surface area (Å²) in [6.07, 6.45) is 4.97. The van der Waals surface area contributed by atoms with Gasteiger partial charge < -0.3 is 5.32 Å². The number of aromatic nitrogens is 1. The number of carbonyl (C=O) groups excluding carboxylic acids is 3. The van der Waals surface area contributed by atoms with E-state index in [0.29, 0.717) is 41.0 Å². The van der Waals surface area contributed by atoms with Gasteiger partial charge in [-0.15, -0.1) is 0 Å². The van der Waals surface area contributed by atoms with Gasteiger partial charge >= 0.3 is 0 Å².